The highest BCUT2D eigenvalue weighted by molar-refractivity contribution is 7.89. The average Bonchev–Trinajstić information content (AvgIpc) is 3.12. The zero-order chi connectivity index (χ0) is 17.2. The van der Waals surface area contributed by atoms with Crippen LogP contribution in [-0.4, -0.2) is 36.7 Å². The van der Waals surface area contributed by atoms with Crippen LogP contribution in [-0.2, 0) is 10.0 Å². The molecule has 0 atom stereocenters. The van der Waals surface area contributed by atoms with Gasteiger partial charge in [-0.25, -0.2) is 8.42 Å². The molecule has 8 heteroatoms. The third-order valence-electron chi connectivity index (χ3n) is 3.86. The van der Waals surface area contributed by atoms with Gasteiger partial charge in [-0.3, -0.25) is 4.79 Å². The summed E-state index contributed by atoms with van der Waals surface area (Å²) in [4.78, 5) is 15.3. The number of nitrogens with zero attached hydrogens (tertiary/aromatic N) is 1. The number of H-pyrrole nitrogens is 1. The number of aromatic nitrogens is 1. The highest BCUT2D eigenvalue weighted by Gasteiger charge is 2.27. The van der Waals surface area contributed by atoms with Crippen molar-refractivity contribution in [2.24, 2.45) is 0 Å². The molecule has 0 aliphatic carbocycles. The summed E-state index contributed by atoms with van der Waals surface area (Å²) in [5.41, 5.74) is 0.972. The van der Waals surface area contributed by atoms with Crippen LogP contribution in [0.25, 0.3) is 0 Å². The molecule has 1 aliphatic heterocycles. The molecule has 2 N–H and O–H groups in total. The van der Waals surface area contributed by atoms with Gasteiger partial charge in [-0.2, -0.15) is 4.31 Å². The summed E-state index contributed by atoms with van der Waals surface area (Å²) in [7, 11) is -3.46. The number of benzene rings is 1. The Kier molecular flexibility index (Phi) is 4.79. The minimum absolute atomic E-state index is 0.213. The minimum atomic E-state index is -3.46. The molecule has 24 heavy (non-hydrogen) atoms. The molecular weight excluding hydrogens is 346 g/mol. The monoisotopic (exact) mass is 363 g/mol. The Labute approximate surface area is 145 Å². The number of hydrogen-bond acceptors (Lipinski definition) is 4. The fourth-order valence-electron chi connectivity index (χ4n) is 2.55. The van der Waals surface area contributed by atoms with Gasteiger partial charge in [0.1, 0.15) is 4.64 Å². The second-order valence-corrected chi connectivity index (χ2v) is 7.91. The van der Waals surface area contributed by atoms with E-state index >= 15 is 0 Å². The Bertz CT molecular complexity index is 878. The highest BCUT2D eigenvalue weighted by Crippen LogP contribution is 2.21. The van der Waals surface area contributed by atoms with E-state index in [2.05, 4.69) is 10.3 Å². The average molecular weight is 363 g/mol. The fourth-order valence-corrected chi connectivity index (χ4v) is 4.19. The van der Waals surface area contributed by atoms with Crippen LogP contribution in [0.15, 0.2) is 47.5 Å². The molecule has 3 rings (SSSR count). The van der Waals surface area contributed by atoms with Crippen LogP contribution in [0, 0.1) is 4.64 Å². The standard InChI is InChI=1S/C16H17N3O3S2/c20-16(18-13-5-8-15(23)17-11-13)12-3-6-14(7-4-12)24(21,22)19-9-1-2-10-19/h3-8,11H,1-2,9-10H2,(H,17,23)(H,18,20). The fraction of sp³-hybridized carbons (Fsp3) is 0.250. The molecule has 1 aliphatic rings. The van der Waals surface area contributed by atoms with Gasteiger partial charge in [-0.1, -0.05) is 12.2 Å². The van der Waals surface area contributed by atoms with E-state index in [0.717, 1.165) is 12.8 Å². The molecule has 2 heterocycles. The first kappa shape index (κ1) is 16.8. The van der Waals surface area contributed by atoms with Crippen LogP contribution < -0.4 is 5.32 Å². The van der Waals surface area contributed by atoms with E-state index in [-0.39, 0.29) is 10.8 Å². The summed E-state index contributed by atoms with van der Waals surface area (Å²) in [5.74, 6) is -0.314. The quantitative estimate of drug-likeness (QED) is 0.819. The molecule has 1 amide bonds. The predicted octanol–water partition coefficient (Wildman–Crippen LogP) is 2.78. The number of carbonyl (C=O) groups is 1. The number of hydrogen-bond donors (Lipinski definition) is 2. The Morgan fingerprint density at radius 2 is 1.75 bits per heavy atom. The SMILES string of the molecule is O=C(Nc1ccc(=S)[nH]c1)c1ccc(S(=O)(=O)N2CCCC2)cc1. The molecule has 1 fully saturated rings. The Balaban J connectivity index is 1.75. The van der Waals surface area contributed by atoms with Crippen molar-refractivity contribution in [3.05, 3.63) is 52.8 Å². The molecule has 0 unspecified atom stereocenters. The van der Waals surface area contributed by atoms with Crippen LogP contribution in [0.3, 0.4) is 0 Å². The number of pyridine rings is 1. The smallest absolute Gasteiger partial charge is 0.255 e. The van der Waals surface area contributed by atoms with Crippen molar-refractivity contribution in [1.82, 2.24) is 9.29 Å². The molecule has 1 aromatic carbocycles. The number of nitrogens with one attached hydrogen (secondary N) is 2. The molecule has 126 valence electrons. The zero-order valence-corrected chi connectivity index (χ0v) is 14.5. The van der Waals surface area contributed by atoms with Gasteiger partial charge in [-0.05, 0) is 49.2 Å². The lowest BCUT2D eigenvalue weighted by Gasteiger charge is -2.15. The van der Waals surface area contributed by atoms with E-state index in [1.165, 1.54) is 28.6 Å². The summed E-state index contributed by atoms with van der Waals surface area (Å²) in [6, 6.07) is 9.36. The second-order valence-electron chi connectivity index (χ2n) is 5.53. The van der Waals surface area contributed by atoms with E-state index in [0.29, 0.717) is 29.0 Å². The lowest BCUT2D eigenvalue weighted by atomic mass is 10.2. The number of sulfonamides is 1. The van der Waals surface area contributed by atoms with E-state index in [1.54, 1.807) is 18.3 Å². The molecule has 0 bridgehead atoms. The second kappa shape index (κ2) is 6.84. The molecular formula is C16H17N3O3S2. The van der Waals surface area contributed by atoms with Gasteiger partial charge in [-0.15, -0.1) is 0 Å². The first-order valence-corrected chi connectivity index (χ1v) is 9.42. The van der Waals surface area contributed by atoms with Gasteiger partial charge in [0.15, 0.2) is 0 Å². The van der Waals surface area contributed by atoms with Gasteiger partial charge in [0, 0.05) is 24.8 Å². The van der Waals surface area contributed by atoms with Crippen molar-refractivity contribution in [2.75, 3.05) is 18.4 Å². The topological polar surface area (TPSA) is 82.3 Å². The summed E-state index contributed by atoms with van der Waals surface area (Å²) in [6.07, 6.45) is 3.38. The first-order valence-electron chi connectivity index (χ1n) is 7.57. The van der Waals surface area contributed by atoms with Crippen LogP contribution in [0.4, 0.5) is 5.69 Å². The molecule has 6 nitrogen and oxygen atoms in total. The van der Waals surface area contributed by atoms with Gasteiger partial charge in [0.05, 0.1) is 10.6 Å². The lowest BCUT2D eigenvalue weighted by Crippen LogP contribution is -2.27. The van der Waals surface area contributed by atoms with E-state index < -0.39 is 10.0 Å². The Morgan fingerprint density at radius 1 is 1.08 bits per heavy atom. The maximum absolute atomic E-state index is 12.4. The summed E-state index contributed by atoms with van der Waals surface area (Å²) in [5, 5.41) is 2.72. The molecule has 0 saturated carbocycles. The van der Waals surface area contributed by atoms with E-state index in [9.17, 15) is 13.2 Å². The number of carbonyl (C=O) groups excluding carboxylic acids is 1. The van der Waals surface area contributed by atoms with Gasteiger partial charge in [0.2, 0.25) is 10.0 Å². The minimum Gasteiger partial charge on any atom is -0.351 e. The summed E-state index contributed by atoms with van der Waals surface area (Å²) >= 11 is 4.94. The van der Waals surface area contributed by atoms with Crippen molar-refractivity contribution in [3.8, 4) is 0 Å². The van der Waals surface area contributed by atoms with Crippen molar-refractivity contribution >= 4 is 33.8 Å². The van der Waals surface area contributed by atoms with Crippen LogP contribution >= 0.6 is 12.2 Å². The maximum Gasteiger partial charge on any atom is 0.255 e. The van der Waals surface area contributed by atoms with Crippen molar-refractivity contribution in [3.63, 3.8) is 0 Å². The van der Waals surface area contributed by atoms with Gasteiger partial charge in [0.25, 0.3) is 5.91 Å². The lowest BCUT2D eigenvalue weighted by molar-refractivity contribution is 0.102. The highest BCUT2D eigenvalue weighted by atomic mass is 32.2. The number of amides is 1. The third kappa shape index (κ3) is 3.55. The Morgan fingerprint density at radius 3 is 2.33 bits per heavy atom. The Hall–Kier alpha value is -2.03. The maximum atomic E-state index is 12.4. The molecule has 1 saturated heterocycles. The molecule has 0 spiro atoms. The predicted molar refractivity (Wildman–Crippen MR) is 94.0 cm³/mol. The van der Waals surface area contributed by atoms with Gasteiger partial charge < -0.3 is 10.3 Å². The largest absolute Gasteiger partial charge is 0.351 e. The van der Waals surface area contributed by atoms with Crippen LogP contribution in [0.2, 0.25) is 0 Å². The van der Waals surface area contributed by atoms with Gasteiger partial charge >= 0.3 is 0 Å². The van der Waals surface area contributed by atoms with Crippen LogP contribution in [0.1, 0.15) is 23.2 Å². The first-order chi connectivity index (χ1) is 11.5. The molecule has 1 aromatic heterocycles. The van der Waals surface area contributed by atoms with E-state index in [1.807, 2.05) is 0 Å². The number of rotatable bonds is 4. The van der Waals surface area contributed by atoms with Crippen molar-refractivity contribution in [1.29, 1.82) is 0 Å². The number of anilines is 1. The normalized spacial score (nSPS) is 15.3. The van der Waals surface area contributed by atoms with Crippen LogP contribution in [0.5, 0.6) is 0 Å². The van der Waals surface area contributed by atoms with E-state index in [4.69, 9.17) is 12.2 Å². The third-order valence-corrected chi connectivity index (χ3v) is 6.03. The summed E-state index contributed by atoms with van der Waals surface area (Å²) < 4.78 is 27.0. The molecule has 2 aromatic rings. The van der Waals surface area contributed by atoms with Crippen molar-refractivity contribution in [2.45, 2.75) is 17.7 Å². The summed E-state index contributed by atoms with van der Waals surface area (Å²) in [6.45, 7) is 1.11. The molecule has 0 radical (unpaired) electrons. The van der Waals surface area contributed by atoms with Crippen molar-refractivity contribution < 1.29 is 13.2 Å². The zero-order valence-electron chi connectivity index (χ0n) is 12.9. The number of aromatic amines is 1.